The van der Waals surface area contributed by atoms with Crippen molar-refractivity contribution >= 4 is 21.6 Å². The molecule has 0 aromatic heterocycles. The van der Waals surface area contributed by atoms with Crippen LogP contribution in [0.25, 0.3) is 0 Å². The molecular formula is C17H19BrN2O. The number of aliphatic imine (C=N–C) groups is 1. The van der Waals surface area contributed by atoms with Crippen molar-refractivity contribution in [2.45, 2.75) is 45.1 Å². The quantitative estimate of drug-likeness (QED) is 0.692. The van der Waals surface area contributed by atoms with Gasteiger partial charge in [0, 0.05) is 16.5 Å². The first-order valence-electron chi connectivity index (χ1n) is 7.47. The van der Waals surface area contributed by atoms with Crippen LogP contribution in [0.3, 0.4) is 0 Å². The zero-order chi connectivity index (χ0) is 15.0. The molecule has 0 bridgehead atoms. The van der Waals surface area contributed by atoms with E-state index in [1.807, 2.05) is 24.4 Å². The van der Waals surface area contributed by atoms with E-state index in [9.17, 15) is 0 Å². The third-order valence-electron chi connectivity index (χ3n) is 4.80. The molecule has 0 radical (unpaired) electrons. The third kappa shape index (κ3) is 2.72. The molecule has 0 N–H and O–H groups in total. The summed E-state index contributed by atoms with van der Waals surface area (Å²) in [6.07, 6.45) is 6.01. The summed E-state index contributed by atoms with van der Waals surface area (Å²) in [6, 6.07) is 5.96. The number of hydrogen-bond acceptors (Lipinski definition) is 3. The Balaban J connectivity index is 1.98. The van der Waals surface area contributed by atoms with Gasteiger partial charge in [-0.3, -0.25) is 0 Å². The Hall–Kier alpha value is -1.34. The third-order valence-corrected chi connectivity index (χ3v) is 5.29. The fourth-order valence-electron chi connectivity index (χ4n) is 3.60. The number of fused-ring (bicyclic) bond motifs is 1. The van der Waals surface area contributed by atoms with E-state index in [2.05, 4.69) is 34.8 Å². The van der Waals surface area contributed by atoms with Gasteiger partial charge >= 0.3 is 0 Å². The molecule has 1 aliphatic heterocycles. The summed E-state index contributed by atoms with van der Waals surface area (Å²) in [5.41, 5.74) is 1.65. The molecule has 21 heavy (non-hydrogen) atoms. The van der Waals surface area contributed by atoms with Gasteiger partial charge in [0.25, 0.3) is 0 Å². The van der Waals surface area contributed by atoms with Crippen molar-refractivity contribution in [1.29, 1.82) is 5.26 Å². The summed E-state index contributed by atoms with van der Waals surface area (Å²) in [5, 5.41) is 8.99. The molecule has 1 saturated carbocycles. The lowest BCUT2D eigenvalue weighted by Crippen LogP contribution is -2.40. The number of benzene rings is 1. The highest BCUT2D eigenvalue weighted by molar-refractivity contribution is 9.10. The van der Waals surface area contributed by atoms with Gasteiger partial charge in [-0.1, -0.05) is 29.8 Å². The van der Waals surface area contributed by atoms with Gasteiger partial charge in [0.2, 0.25) is 6.19 Å². The van der Waals surface area contributed by atoms with Crippen molar-refractivity contribution in [3.63, 3.8) is 0 Å². The lowest BCUT2D eigenvalue weighted by molar-refractivity contribution is 0.0708. The number of ether oxygens (including phenoxy) is 1. The van der Waals surface area contributed by atoms with Crippen molar-refractivity contribution in [3.8, 4) is 11.9 Å². The lowest BCUT2D eigenvalue weighted by Gasteiger charge is -2.36. The van der Waals surface area contributed by atoms with Crippen LogP contribution in [-0.4, -0.2) is 11.3 Å². The van der Waals surface area contributed by atoms with Crippen LogP contribution in [-0.2, 0) is 0 Å². The molecule has 1 aliphatic carbocycles. The van der Waals surface area contributed by atoms with E-state index in [1.54, 1.807) is 0 Å². The standard InChI is InChI=1S/C17H19BrN2O/c1-11(2)12-5-6-17(8-12)9-15(20-10-19)14-7-13(18)3-4-16(14)21-17/h3-4,7,11-12H,5-6,8-9H2,1-2H3/b20-15+. The molecule has 0 amide bonds. The molecule has 1 spiro atoms. The van der Waals surface area contributed by atoms with Crippen LogP contribution < -0.4 is 4.74 Å². The average Bonchev–Trinajstić information content (AvgIpc) is 2.84. The van der Waals surface area contributed by atoms with E-state index < -0.39 is 0 Å². The first kappa shape index (κ1) is 14.6. The van der Waals surface area contributed by atoms with Gasteiger partial charge in [-0.05, 0) is 49.3 Å². The van der Waals surface area contributed by atoms with Crippen molar-refractivity contribution in [3.05, 3.63) is 28.2 Å². The highest BCUT2D eigenvalue weighted by atomic mass is 79.9. The van der Waals surface area contributed by atoms with Gasteiger partial charge in [0.1, 0.15) is 11.4 Å². The number of hydrogen-bond donors (Lipinski definition) is 0. The predicted molar refractivity (Wildman–Crippen MR) is 86.4 cm³/mol. The predicted octanol–water partition coefficient (Wildman–Crippen LogP) is 4.70. The molecule has 0 saturated heterocycles. The molecule has 2 unspecified atom stereocenters. The first-order chi connectivity index (χ1) is 10.0. The molecule has 1 aromatic rings. The monoisotopic (exact) mass is 346 g/mol. The molecule has 3 nitrogen and oxygen atoms in total. The van der Waals surface area contributed by atoms with Gasteiger partial charge in [0.05, 0.1) is 5.71 Å². The lowest BCUT2D eigenvalue weighted by atomic mass is 9.85. The van der Waals surface area contributed by atoms with E-state index >= 15 is 0 Å². The van der Waals surface area contributed by atoms with Crippen LogP contribution in [0.5, 0.6) is 5.75 Å². The number of halogens is 1. The van der Waals surface area contributed by atoms with Gasteiger partial charge in [0.15, 0.2) is 0 Å². The van der Waals surface area contributed by atoms with Gasteiger partial charge < -0.3 is 4.74 Å². The maximum absolute atomic E-state index is 8.99. The topological polar surface area (TPSA) is 45.4 Å². The zero-order valence-electron chi connectivity index (χ0n) is 12.4. The van der Waals surface area contributed by atoms with Crippen LogP contribution in [0.4, 0.5) is 0 Å². The second-order valence-electron chi connectivity index (χ2n) is 6.51. The van der Waals surface area contributed by atoms with Crippen molar-refractivity contribution in [2.24, 2.45) is 16.8 Å². The van der Waals surface area contributed by atoms with Crippen LogP contribution in [0.15, 0.2) is 27.7 Å². The summed E-state index contributed by atoms with van der Waals surface area (Å²) >= 11 is 3.48. The normalized spacial score (nSPS) is 29.5. The number of nitriles is 1. The minimum absolute atomic E-state index is 0.161. The number of nitrogens with zero attached hydrogens (tertiary/aromatic N) is 2. The largest absolute Gasteiger partial charge is 0.486 e. The molecular weight excluding hydrogens is 328 g/mol. The zero-order valence-corrected chi connectivity index (χ0v) is 14.0. The maximum atomic E-state index is 8.99. The second kappa shape index (κ2) is 5.46. The van der Waals surface area contributed by atoms with Crippen molar-refractivity contribution < 1.29 is 4.74 Å². The average molecular weight is 347 g/mol. The Kier molecular flexibility index (Phi) is 3.79. The molecule has 3 rings (SSSR count). The van der Waals surface area contributed by atoms with Gasteiger partial charge in [-0.25, -0.2) is 0 Å². The van der Waals surface area contributed by atoms with E-state index in [4.69, 9.17) is 10.00 Å². The minimum atomic E-state index is -0.161. The summed E-state index contributed by atoms with van der Waals surface area (Å²) < 4.78 is 7.37. The smallest absolute Gasteiger partial charge is 0.205 e. The summed E-state index contributed by atoms with van der Waals surface area (Å²) in [5.74, 6) is 2.24. The number of rotatable bonds is 1. The van der Waals surface area contributed by atoms with Gasteiger partial charge in [-0.15, -0.1) is 0 Å². The van der Waals surface area contributed by atoms with Crippen LogP contribution in [0.2, 0.25) is 0 Å². The molecule has 2 aliphatic rings. The summed E-state index contributed by atoms with van der Waals surface area (Å²) in [4.78, 5) is 4.08. The summed E-state index contributed by atoms with van der Waals surface area (Å²) in [7, 11) is 0. The Morgan fingerprint density at radius 1 is 1.48 bits per heavy atom. The van der Waals surface area contributed by atoms with E-state index in [0.29, 0.717) is 11.8 Å². The fraction of sp³-hybridized carbons (Fsp3) is 0.529. The van der Waals surface area contributed by atoms with E-state index in [-0.39, 0.29) is 5.60 Å². The van der Waals surface area contributed by atoms with E-state index in [1.165, 1.54) is 6.42 Å². The second-order valence-corrected chi connectivity index (χ2v) is 7.42. The Bertz CT molecular complexity index is 632. The van der Waals surface area contributed by atoms with Crippen LogP contribution >= 0.6 is 15.9 Å². The molecule has 1 aromatic carbocycles. The Morgan fingerprint density at radius 2 is 2.29 bits per heavy atom. The molecule has 110 valence electrons. The molecule has 1 heterocycles. The van der Waals surface area contributed by atoms with Crippen LogP contribution in [0, 0.1) is 23.3 Å². The van der Waals surface area contributed by atoms with E-state index in [0.717, 1.165) is 40.8 Å². The highest BCUT2D eigenvalue weighted by Gasteiger charge is 2.46. The van der Waals surface area contributed by atoms with Crippen molar-refractivity contribution in [2.75, 3.05) is 0 Å². The maximum Gasteiger partial charge on any atom is 0.205 e. The van der Waals surface area contributed by atoms with Gasteiger partial charge in [-0.2, -0.15) is 10.3 Å². The first-order valence-corrected chi connectivity index (χ1v) is 8.27. The SMILES string of the molecule is CC(C)C1CCC2(C/C(=N\C#N)c3cc(Br)ccc3O2)C1. The summed E-state index contributed by atoms with van der Waals surface area (Å²) in [6.45, 7) is 4.56. The molecule has 2 atom stereocenters. The van der Waals surface area contributed by atoms with Crippen LogP contribution in [0.1, 0.15) is 45.1 Å². The Labute approximate surface area is 134 Å². The minimum Gasteiger partial charge on any atom is -0.486 e. The highest BCUT2D eigenvalue weighted by Crippen LogP contribution is 2.47. The van der Waals surface area contributed by atoms with Crippen molar-refractivity contribution in [1.82, 2.24) is 0 Å². The molecule has 4 heteroatoms. The molecule has 1 fully saturated rings. The fourth-order valence-corrected chi connectivity index (χ4v) is 3.96. The Morgan fingerprint density at radius 3 is 2.95 bits per heavy atom.